The molecule has 1 fully saturated rings. The molecule has 1 aromatic rings. The number of urea groups is 1. The van der Waals surface area contributed by atoms with Crippen molar-refractivity contribution in [2.75, 3.05) is 13.7 Å². The average molecular weight is 309 g/mol. The molecule has 1 aliphatic rings. The van der Waals surface area contributed by atoms with E-state index in [9.17, 15) is 14.0 Å². The number of piperidine rings is 1. The summed E-state index contributed by atoms with van der Waals surface area (Å²) in [5.74, 6) is -0.327. The van der Waals surface area contributed by atoms with Crippen molar-refractivity contribution in [1.82, 2.24) is 10.2 Å². The number of rotatable bonds is 2. The first kappa shape index (κ1) is 16.1. The Bertz CT molecular complexity index is 579. The molecule has 0 aliphatic carbocycles. The fourth-order valence-electron chi connectivity index (χ4n) is 2.89. The second-order valence-electron chi connectivity index (χ2n) is 5.41. The van der Waals surface area contributed by atoms with Gasteiger partial charge in [-0.25, -0.2) is 14.0 Å². The Labute approximate surface area is 128 Å². The summed E-state index contributed by atoms with van der Waals surface area (Å²) >= 11 is 0. The Balaban J connectivity index is 2.25. The number of ether oxygens (including phenoxy) is 1. The molecule has 3 amide bonds. The lowest BCUT2D eigenvalue weighted by atomic mass is 9.89. The maximum Gasteiger partial charge on any atom is 0.407 e. The summed E-state index contributed by atoms with van der Waals surface area (Å²) in [5.41, 5.74) is 7.02. The molecule has 0 aromatic heterocycles. The van der Waals surface area contributed by atoms with E-state index in [2.05, 4.69) is 10.1 Å². The maximum absolute atomic E-state index is 13.3. The van der Waals surface area contributed by atoms with Crippen LogP contribution < -0.4 is 11.1 Å². The molecule has 0 radical (unpaired) electrons. The van der Waals surface area contributed by atoms with Crippen LogP contribution in [0, 0.1) is 12.7 Å². The minimum atomic E-state index is -0.523. The van der Waals surface area contributed by atoms with E-state index in [4.69, 9.17) is 5.73 Å². The average Bonchev–Trinajstić information content (AvgIpc) is 2.46. The van der Waals surface area contributed by atoms with Crippen molar-refractivity contribution in [2.24, 2.45) is 5.73 Å². The Morgan fingerprint density at radius 2 is 2.18 bits per heavy atom. The first-order valence-corrected chi connectivity index (χ1v) is 7.09. The van der Waals surface area contributed by atoms with Crippen molar-refractivity contribution in [3.8, 4) is 0 Å². The van der Waals surface area contributed by atoms with Crippen LogP contribution in [-0.2, 0) is 4.74 Å². The van der Waals surface area contributed by atoms with Crippen molar-refractivity contribution < 1.29 is 18.7 Å². The molecule has 2 atom stereocenters. The Morgan fingerprint density at radius 1 is 1.45 bits per heavy atom. The van der Waals surface area contributed by atoms with Crippen LogP contribution in [0.25, 0.3) is 0 Å². The summed E-state index contributed by atoms with van der Waals surface area (Å²) in [5, 5.41) is 2.74. The molecule has 0 spiro atoms. The number of aryl methyl sites for hydroxylation is 1. The fraction of sp³-hybridized carbons (Fsp3) is 0.467. The van der Waals surface area contributed by atoms with Crippen LogP contribution in [0.2, 0.25) is 0 Å². The number of primary amides is 1. The molecule has 6 nitrogen and oxygen atoms in total. The molecule has 120 valence electrons. The zero-order chi connectivity index (χ0) is 16.3. The number of likely N-dealkylation sites (tertiary alicyclic amines) is 1. The molecule has 1 aliphatic heterocycles. The van der Waals surface area contributed by atoms with Crippen LogP contribution in [0.3, 0.4) is 0 Å². The SMILES string of the molecule is COC(=O)NC1CCN(C(N)=O)C(c2ccc(F)cc2C)C1. The van der Waals surface area contributed by atoms with Crippen LogP contribution in [0.5, 0.6) is 0 Å². The highest BCUT2D eigenvalue weighted by Gasteiger charge is 2.33. The van der Waals surface area contributed by atoms with Gasteiger partial charge in [0.1, 0.15) is 5.82 Å². The van der Waals surface area contributed by atoms with Crippen molar-refractivity contribution in [3.05, 3.63) is 35.1 Å². The largest absolute Gasteiger partial charge is 0.453 e. The van der Waals surface area contributed by atoms with E-state index in [0.29, 0.717) is 19.4 Å². The first-order valence-electron chi connectivity index (χ1n) is 7.09. The number of methoxy groups -OCH3 is 1. The van der Waals surface area contributed by atoms with Gasteiger partial charge in [0.15, 0.2) is 0 Å². The standard InChI is InChI=1S/C15H20FN3O3/c1-9-7-10(16)3-4-12(9)13-8-11(18-15(21)22-2)5-6-19(13)14(17)20/h3-4,7,11,13H,5-6,8H2,1-2H3,(H2,17,20)(H,18,21). The van der Waals surface area contributed by atoms with Gasteiger partial charge >= 0.3 is 12.1 Å². The van der Waals surface area contributed by atoms with E-state index < -0.39 is 12.1 Å². The molecule has 1 heterocycles. The highest BCUT2D eigenvalue weighted by molar-refractivity contribution is 5.73. The van der Waals surface area contributed by atoms with E-state index in [-0.39, 0.29) is 17.9 Å². The quantitative estimate of drug-likeness (QED) is 0.877. The van der Waals surface area contributed by atoms with Crippen molar-refractivity contribution in [2.45, 2.75) is 31.8 Å². The predicted molar refractivity (Wildman–Crippen MR) is 78.7 cm³/mol. The van der Waals surface area contributed by atoms with E-state index in [1.165, 1.54) is 19.2 Å². The van der Waals surface area contributed by atoms with Crippen LogP contribution in [-0.4, -0.2) is 36.7 Å². The third kappa shape index (κ3) is 3.47. The topological polar surface area (TPSA) is 84.7 Å². The molecule has 1 aromatic carbocycles. The normalized spacial score (nSPS) is 21.3. The summed E-state index contributed by atoms with van der Waals surface area (Å²) in [7, 11) is 1.30. The Kier molecular flexibility index (Phi) is 4.85. The number of alkyl carbamates (subject to hydrolysis) is 1. The number of carbonyl (C=O) groups is 2. The van der Waals surface area contributed by atoms with Crippen molar-refractivity contribution in [3.63, 3.8) is 0 Å². The zero-order valence-electron chi connectivity index (χ0n) is 12.6. The van der Waals surface area contributed by atoms with E-state index in [1.807, 2.05) is 0 Å². The Hall–Kier alpha value is -2.31. The van der Waals surface area contributed by atoms with E-state index in [0.717, 1.165) is 11.1 Å². The number of amides is 3. The van der Waals surface area contributed by atoms with Crippen LogP contribution >= 0.6 is 0 Å². The molecular formula is C15H20FN3O3. The van der Waals surface area contributed by atoms with Gasteiger partial charge in [0, 0.05) is 12.6 Å². The molecule has 0 bridgehead atoms. The first-order chi connectivity index (χ1) is 10.4. The molecule has 7 heteroatoms. The van der Waals surface area contributed by atoms with Gasteiger partial charge in [-0.1, -0.05) is 6.07 Å². The molecule has 3 N–H and O–H groups in total. The van der Waals surface area contributed by atoms with E-state index in [1.54, 1.807) is 17.9 Å². The fourth-order valence-corrected chi connectivity index (χ4v) is 2.89. The van der Waals surface area contributed by atoms with Gasteiger partial charge in [0.2, 0.25) is 0 Å². The van der Waals surface area contributed by atoms with Crippen LogP contribution in [0.4, 0.5) is 14.0 Å². The van der Waals surface area contributed by atoms with Gasteiger partial charge in [0.05, 0.1) is 13.2 Å². The number of hydrogen-bond acceptors (Lipinski definition) is 3. The number of halogens is 1. The van der Waals surface area contributed by atoms with Crippen LogP contribution in [0.15, 0.2) is 18.2 Å². The monoisotopic (exact) mass is 309 g/mol. The minimum absolute atomic E-state index is 0.127. The summed E-state index contributed by atoms with van der Waals surface area (Å²) in [4.78, 5) is 24.6. The number of carbonyl (C=O) groups excluding carboxylic acids is 2. The third-order valence-corrected chi connectivity index (χ3v) is 3.98. The zero-order valence-corrected chi connectivity index (χ0v) is 12.6. The minimum Gasteiger partial charge on any atom is -0.453 e. The van der Waals surface area contributed by atoms with Gasteiger partial charge in [0.25, 0.3) is 0 Å². The summed E-state index contributed by atoms with van der Waals surface area (Å²) in [6.45, 7) is 2.21. The molecular weight excluding hydrogens is 289 g/mol. The second-order valence-corrected chi connectivity index (χ2v) is 5.41. The molecule has 0 saturated carbocycles. The van der Waals surface area contributed by atoms with E-state index >= 15 is 0 Å². The summed E-state index contributed by atoms with van der Waals surface area (Å²) in [6.07, 6.45) is 0.589. The second kappa shape index (κ2) is 6.64. The highest BCUT2D eigenvalue weighted by Crippen LogP contribution is 2.33. The number of nitrogens with one attached hydrogen (secondary N) is 1. The lowest BCUT2D eigenvalue weighted by Gasteiger charge is -2.39. The van der Waals surface area contributed by atoms with Crippen molar-refractivity contribution >= 4 is 12.1 Å². The lowest BCUT2D eigenvalue weighted by molar-refractivity contribution is 0.131. The molecule has 1 saturated heterocycles. The number of nitrogens with two attached hydrogens (primary N) is 1. The molecule has 2 unspecified atom stereocenters. The lowest BCUT2D eigenvalue weighted by Crippen LogP contribution is -2.49. The van der Waals surface area contributed by atoms with Crippen LogP contribution in [0.1, 0.15) is 30.0 Å². The number of nitrogens with zero attached hydrogens (tertiary/aromatic N) is 1. The number of benzene rings is 1. The number of hydrogen-bond donors (Lipinski definition) is 2. The maximum atomic E-state index is 13.3. The van der Waals surface area contributed by atoms with Crippen molar-refractivity contribution in [1.29, 1.82) is 0 Å². The molecule has 2 rings (SSSR count). The van der Waals surface area contributed by atoms with Gasteiger partial charge in [-0.05, 0) is 43.0 Å². The van der Waals surface area contributed by atoms with Gasteiger partial charge in [-0.2, -0.15) is 0 Å². The summed E-state index contributed by atoms with van der Waals surface area (Å²) in [6, 6.07) is 3.49. The molecule has 22 heavy (non-hydrogen) atoms. The Morgan fingerprint density at radius 3 is 2.77 bits per heavy atom. The predicted octanol–water partition coefficient (Wildman–Crippen LogP) is 2.07. The highest BCUT2D eigenvalue weighted by atomic mass is 19.1. The van der Waals surface area contributed by atoms with Gasteiger partial charge in [-0.15, -0.1) is 0 Å². The third-order valence-electron chi connectivity index (χ3n) is 3.98. The smallest absolute Gasteiger partial charge is 0.407 e. The van der Waals surface area contributed by atoms with Gasteiger partial charge < -0.3 is 20.7 Å². The summed E-state index contributed by atoms with van der Waals surface area (Å²) < 4.78 is 17.9. The van der Waals surface area contributed by atoms with Gasteiger partial charge in [-0.3, -0.25) is 0 Å².